The third kappa shape index (κ3) is 3.88. The maximum absolute atomic E-state index is 11.9. The van der Waals surface area contributed by atoms with Gasteiger partial charge in [0.2, 0.25) is 12.7 Å². The zero-order valence-corrected chi connectivity index (χ0v) is 12.2. The standard InChI is InChI=1S/C16H22N2O3/c19-16(10-17-9-12-4-2-1-3-5-12)18-13-6-7-14-15(8-13)21-11-20-14/h6-8,12,17H,1-5,9-11H2,(H,18,19). The molecule has 0 bridgehead atoms. The lowest BCUT2D eigenvalue weighted by Gasteiger charge is -2.21. The number of carbonyl (C=O) groups is 1. The Hall–Kier alpha value is -1.75. The number of benzene rings is 1. The molecule has 0 atom stereocenters. The number of rotatable bonds is 5. The van der Waals surface area contributed by atoms with Crippen molar-refractivity contribution in [1.82, 2.24) is 5.32 Å². The Morgan fingerprint density at radius 3 is 2.81 bits per heavy atom. The summed E-state index contributed by atoms with van der Waals surface area (Å²) < 4.78 is 10.5. The largest absolute Gasteiger partial charge is 0.454 e. The SMILES string of the molecule is O=C(CNCC1CCCCC1)Nc1ccc2c(c1)OCO2. The van der Waals surface area contributed by atoms with Gasteiger partial charge in [-0.25, -0.2) is 0 Å². The quantitative estimate of drug-likeness (QED) is 0.875. The summed E-state index contributed by atoms with van der Waals surface area (Å²) in [5, 5.41) is 6.13. The van der Waals surface area contributed by atoms with Gasteiger partial charge >= 0.3 is 0 Å². The molecular weight excluding hydrogens is 268 g/mol. The number of fused-ring (bicyclic) bond motifs is 1. The van der Waals surface area contributed by atoms with Gasteiger partial charge in [-0.15, -0.1) is 0 Å². The molecule has 21 heavy (non-hydrogen) atoms. The van der Waals surface area contributed by atoms with Crippen LogP contribution in [0.5, 0.6) is 11.5 Å². The molecule has 0 radical (unpaired) electrons. The zero-order chi connectivity index (χ0) is 14.5. The van der Waals surface area contributed by atoms with E-state index in [2.05, 4.69) is 10.6 Å². The third-order valence-electron chi connectivity index (χ3n) is 4.10. The first-order chi connectivity index (χ1) is 10.3. The minimum absolute atomic E-state index is 0.0234. The van der Waals surface area contributed by atoms with Crippen molar-refractivity contribution in [3.05, 3.63) is 18.2 Å². The van der Waals surface area contributed by atoms with Crippen LogP contribution in [-0.2, 0) is 4.79 Å². The summed E-state index contributed by atoms with van der Waals surface area (Å²) in [5.41, 5.74) is 0.740. The van der Waals surface area contributed by atoms with E-state index >= 15 is 0 Å². The predicted octanol–water partition coefficient (Wildman–Crippen LogP) is 2.52. The van der Waals surface area contributed by atoms with Gasteiger partial charge in [0.25, 0.3) is 0 Å². The molecule has 5 nitrogen and oxygen atoms in total. The molecular formula is C16H22N2O3. The molecule has 1 heterocycles. The number of anilines is 1. The molecule has 1 saturated carbocycles. The Kier molecular flexibility index (Phi) is 4.60. The van der Waals surface area contributed by atoms with Crippen molar-refractivity contribution in [2.45, 2.75) is 32.1 Å². The Bertz CT molecular complexity index is 498. The molecule has 0 saturated heterocycles. The fraction of sp³-hybridized carbons (Fsp3) is 0.562. The Morgan fingerprint density at radius 1 is 1.14 bits per heavy atom. The van der Waals surface area contributed by atoms with E-state index in [1.165, 1.54) is 32.1 Å². The van der Waals surface area contributed by atoms with Crippen molar-refractivity contribution in [1.29, 1.82) is 0 Å². The highest BCUT2D eigenvalue weighted by Crippen LogP contribution is 2.34. The first-order valence-electron chi connectivity index (χ1n) is 7.71. The first kappa shape index (κ1) is 14.2. The van der Waals surface area contributed by atoms with Crippen molar-refractivity contribution in [3.8, 4) is 11.5 Å². The molecule has 1 fully saturated rings. The number of ether oxygens (including phenoxy) is 2. The summed E-state index contributed by atoms with van der Waals surface area (Å²) in [6.45, 7) is 1.54. The number of amides is 1. The van der Waals surface area contributed by atoms with E-state index < -0.39 is 0 Å². The molecule has 2 aliphatic rings. The summed E-state index contributed by atoms with van der Waals surface area (Å²) in [5.74, 6) is 2.12. The second kappa shape index (κ2) is 6.80. The lowest BCUT2D eigenvalue weighted by atomic mass is 9.89. The lowest BCUT2D eigenvalue weighted by molar-refractivity contribution is -0.115. The molecule has 114 valence electrons. The molecule has 1 aromatic carbocycles. The maximum atomic E-state index is 11.9. The molecule has 1 aliphatic heterocycles. The minimum Gasteiger partial charge on any atom is -0.454 e. The zero-order valence-electron chi connectivity index (χ0n) is 12.2. The van der Waals surface area contributed by atoms with Crippen LogP contribution in [0, 0.1) is 5.92 Å². The number of nitrogens with one attached hydrogen (secondary N) is 2. The topological polar surface area (TPSA) is 59.6 Å². The van der Waals surface area contributed by atoms with Crippen LogP contribution >= 0.6 is 0 Å². The molecule has 0 unspecified atom stereocenters. The normalized spacial score (nSPS) is 17.7. The average Bonchev–Trinajstić information content (AvgIpc) is 2.96. The van der Waals surface area contributed by atoms with Crippen molar-refractivity contribution in [3.63, 3.8) is 0 Å². The Balaban J connectivity index is 1.41. The second-order valence-electron chi connectivity index (χ2n) is 5.75. The number of hydrogen-bond acceptors (Lipinski definition) is 4. The molecule has 1 aromatic rings. The van der Waals surface area contributed by atoms with Crippen LogP contribution in [0.25, 0.3) is 0 Å². The Labute approximate surface area is 125 Å². The monoisotopic (exact) mass is 290 g/mol. The molecule has 0 spiro atoms. The van der Waals surface area contributed by atoms with E-state index in [4.69, 9.17) is 9.47 Å². The number of carbonyl (C=O) groups excluding carboxylic acids is 1. The van der Waals surface area contributed by atoms with Gasteiger partial charge in [-0.2, -0.15) is 0 Å². The fourth-order valence-electron chi connectivity index (χ4n) is 2.96. The van der Waals surface area contributed by atoms with Gasteiger partial charge in [0.1, 0.15) is 0 Å². The van der Waals surface area contributed by atoms with Crippen LogP contribution in [-0.4, -0.2) is 25.8 Å². The van der Waals surface area contributed by atoms with E-state index in [0.717, 1.165) is 23.9 Å². The first-order valence-corrected chi connectivity index (χ1v) is 7.71. The van der Waals surface area contributed by atoms with Gasteiger partial charge in [-0.05, 0) is 37.4 Å². The van der Waals surface area contributed by atoms with Gasteiger partial charge in [0, 0.05) is 11.8 Å². The summed E-state index contributed by atoms with van der Waals surface area (Å²) in [6, 6.07) is 5.43. The predicted molar refractivity (Wildman–Crippen MR) is 80.6 cm³/mol. The van der Waals surface area contributed by atoms with Gasteiger partial charge in [-0.3, -0.25) is 4.79 Å². The fourth-order valence-corrected chi connectivity index (χ4v) is 2.96. The van der Waals surface area contributed by atoms with E-state index in [-0.39, 0.29) is 12.7 Å². The highest BCUT2D eigenvalue weighted by molar-refractivity contribution is 5.92. The molecule has 1 amide bonds. The van der Waals surface area contributed by atoms with Gasteiger partial charge in [0.15, 0.2) is 11.5 Å². The highest BCUT2D eigenvalue weighted by Gasteiger charge is 2.15. The number of hydrogen-bond donors (Lipinski definition) is 2. The van der Waals surface area contributed by atoms with Gasteiger partial charge in [-0.1, -0.05) is 19.3 Å². The molecule has 0 aromatic heterocycles. The Morgan fingerprint density at radius 2 is 1.95 bits per heavy atom. The average molecular weight is 290 g/mol. The van der Waals surface area contributed by atoms with Crippen LogP contribution < -0.4 is 20.1 Å². The van der Waals surface area contributed by atoms with E-state index in [1.54, 1.807) is 6.07 Å². The smallest absolute Gasteiger partial charge is 0.238 e. The summed E-state index contributed by atoms with van der Waals surface area (Å²) in [4.78, 5) is 11.9. The van der Waals surface area contributed by atoms with E-state index in [0.29, 0.717) is 12.3 Å². The van der Waals surface area contributed by atoms with Crippen LogP contribution in [0.3, 0.4) is 0 Å². The molecule has 3 rings (SSSR count). The second-order valence-corrected chi connectivity index (χ2v) is 5.75. The summed E-state index contributed by atoms with van der Waals surface area (Å²) >= 11 is 0. The van der Waals surface area contributed by atoms with Crippen LogP contribution in [0.2, 0.25) is 0 Å². The van der Waals surface area contributed by atoms with Crippen molar-refractivity contribution in [2.75, 3.05) is 25.2 Å². The molecule has 2 N–H and O–H groups in total. The maximum Gasteiger partial charge on any atom is 0.238 e. The lowest BCUT2D eigenvalue weighted by Crippen LogP contribution is -2.32. The van der Waals surface area contributed by atoms with Crippen molar-refractivity contribution < 1.29 is 14.3 Å². The minimum atomic E-state index is -0.0234. The third-order valence-corrected chi connectivity index (χ3v) is 4.10. The van der Waals surface area contributed by atoms with E-state index in [1.807, 2.05) is 12.1 Å². The van der Waals surface area contributed by atoms with Crippen molar-refractivity contribution in [2.24, 2.45) is 5.92 Å². The molecule has 1 aliphatic carbocycles. The summed E-state index contributed by atoms with van der Waals surface area (Å²) in [7, 11) is 0. The van der Waals surface area contributed by atoms with Crippen LogP contribution in [0.1, 0.15) is 32.1 Å². The van der Waals surface area contributed by atoms with Crippen LogP contribution in [0.15, 0.2) is 18.2 Å². The van der Waals surface area contributed by atoms with Crippen molar-refractivity contribution >= 4 is 11.6 Å². The van der Waals surface area contributed by atoms with Crippen LogP contribution in [0.4, 0.5) is 5.69 Å². The van der Waals surface area contributed by atoms with Gasteiger partial charge in [0.05, 0.1) is 6.54 Å². The molecule has 5 heteroatoms. The van der Waals surface area contributed by atoms with Gasteiger partial charge < -0.3 is 20.1 Å². The van der Waals surface area contributed by atoms with E-state index in [9.17, 15) is 4.79 Å². The summed E-state index contributed by atoms with van der Waals surface area (Å²) in [6.07, 6.45) is 6.60. The highest BCUT2D eigenvalue weighted by atomic mass is 16.7.